The maximum atomic E-state index is 13.0. The Balaban J connectivity index is 2.16. The van der Waals surface area contributed by atoms with Crippen LogP contribution in [-0.4, -0.2) is 45.8 Å². The highest BCUT2D eigenvalue weighted by Gasteiger charge is 2.52. The van der Waals surface area contributed by atoms with Crippen molar-refractivity contribution < 1.29 is 9.59 Å². The second-order valence-electron chi connectivity index (χ2n) is 6.25. The summed E-state index contributed by atoms with van der Waals surface area (Å²) in [5.41, 5.74) is -0.588. The van der Waals surface area contributed by atoms with Crippen molar-refractivity contribution in [3.05, 3.63) is 0 Å². The lowest BCUT2D eigenvalue weighted by Gasteiger charge is -2.47. The number of rotatable bonds is 6. The summed E-state index contributed by atoms with van der Waals surface area (Å²) in [6, 6.07) is -0.143. The van der Waals surface area contributed by atoms with Gasteiger partial charge in [0.1, 0.15) is 11.6 Å². The Morgan fingerprint density at radius 2 is 2.00 bits per heavy atom. The predicted molar refractivity (Wildman–Crippen MR) is 87.3 cm³/mol. The van der Waals surface area contributed by atoms with Gasteiger partial charge in [-0.3, -0.25) is 9.59 Å². The lowest BCUT2D eigenvalue weighted by atomic mass is 9.88. The summed E-state index contributed by atoms with van der Waals surface area (Å²) in [5, 5.41) is 3.06. The van der Waals surface area contributed by atoms with E-state index < -0.39 is 5.54 Å². The molecular weight excluding hydrogens is 284 g/mol. The first kappa shape index (κ1) is 16.7. The van der Waals surface area contributed by atoms with Gasteiger partial charge in [0.25, 0.3) is 0 Å². The van der Waals surface area contributed by atoms with Crippen molar-refractivity contribution in [1.29, 1.82) is 0 Å². The zero-order valence-corrected chi connectivity index (χ0v) is 14.3. The summed E-state index contributed by atoms with van der Waals surface area (Å²) in [7, 11) is 0. The van der Waals surface area contributed by atoms with Gasteiger partial charge in [-0.05, 0) is 44.1 Å². The molecule has 1 saturated carbocycles. The molecule has 0 radical (unpaired) electrons. The van der Waals surface area contributed by atoms with Crippen molar-refractivity contribution in [2.24, 2.45) is 0 Å². The van der Waals surface area contributed by atoms with Crippen molar-refractivity contribution in [3.63, 3.8) is 0 Å². The first-order chi connectivity index (χ1) is 10.1. The maximum absolute atomic E-state index is 13.0. The highest BCUT2D eigenvalue weighted by Crippen LogP contribution is 2.36. The van der Waals surface area contributed by atoms with Gasteiger partial charge in [0.05, 0.1) is 0 Å². The van der Waals surface area contributed by atoms with Crippen LogP contribution < -0.4 is 5.32 Å². The fourth-order valence-electron chi connectivity index (χ4n) is 3.63. The van der Waals surface area contributed by atoms with Crippen LogP contribution >= 0.6 is 11.8 Å². The summed E-state index contributed by atoms with van der Waals surface area (Å²) in [5.74, 6) is 2.36. The monoisotopic (exact) mass is 312 g/mol. The van der Waals surface area contributed by atoms with E-state index in [-0.39, 0.29) is 23.9 Å². The van der Waals surface area contributed by atoms with Crippen LogP contribution in [0.5, 0.6) is 0 Å². The van der Waals surface area contributed by atoms with Crippen LogP contribution in [0.1, 0.15) is 59.3 Å². The molecule has 2 aliphatic rings. The molecule has 0 aromatic rings. The van der Waals surface area contributed by atoms with Crippen LogP contribution in [0.4, 0.5) is 0 Å². The molecule has 1 saturated heterocycles. The standard InChI is InChI=1S/C16H28N2O2S/c1-4-13-14(19)17-16(9-6-7-10-16)15(20)18(13)12(3)8-11-21-5-2/h12-13H,4-11H2,1-3H3,(H,17,19). The smallest absolute Gasteiger partial charge is 0.249 e. The molecule has 2 atom stereocenters. The molecule has 2 amide bonds. The minimum Gasteiger partial charge on any atom is -0.340 e. The molecule has 2 fully saturated rings. The van der Waals surface area contributed by atoms with Crippen molar-refractivity contribution >= 4 is 23.6 Å². The molecule has 1 aliphatic carbocycles. The normalized spacial score (nSPS) is 26.2. The van der Waals surface area contributed by atoms with Gasteiger partial charge in [-0.2, -0.15) is 11.8 Å². The number of carbonyl (C=O) groups is 2. The van der Waals surface area contributed by atoms with E-state index in [9.17, 15) is 9.59 Å². The maximum Gasteiger partial charge on any atom is 0.249 e. The van der Waals surface area contributed by atoms with Gasteiger partial charge < -0.3 is 10.2 Å². The third-order valence-corrected chi connectivity index (χ3v) is 5.78. The predicted octanol–water partition coefficient (Wildman–Crippen LogP) is 2.57. The SMILES string of the molecule is CCSCCC(C)N1C(=O)C2(CCCC2)NC(=O)C1CC. The minimum atomic E-state index is -0.588. The van der Waals surface area contributed by atoms with Crippen LogP contribution in [0.3, 0.4) is 0 Å². The second-order valence-corrected chi connectivity index (χ2v) is 7.64. The number of hydrogen-bond donors (Lipinski definition) is 1. The van der Waals surface area contributed by atoms with Crippen LogP contribution in [0.25, 0.3) is 0 Å². The Morgan fingerprint density at radius 1 is 1.33 bits per heavy atom. The molecule has 2 rings (SSSR count). The molecule has 5 heteroatoms. The van der Waals surface area contributed by atoms with E-state index in [2.05, 4.69) is 19.2 Å². The van der Waals surface area contributed by atoms with E-state index >= 15 is 0 Å². The molecule has 1 aliphatic heterocycles. The Hall–Kier alpha value is -0.710. The third kappa shape index (κ3) is 3.22. The van der Waals surface area contributed by atoms with E-state index in [1.54, 1.807) is 0 Å². The summed E-state index contributed by atoms with van der Waals surface area (Å²) in [4.78, 5) is 27.4. The summed E-state index contributed by atoms with van der Waals surface area (Å²) in [6.45, 7) is 6.24. The quantitative estimate of drug-likeness (QED) is 0.767. The lowest BCUT2D eigenvalue weighted by Crippen LogP contribution is -2.70. The van der Waals surface area contributed by atoms with E-state index in [4.69, 9.17) is 0 Å². The van der Waals surface area contributed by atoms with Gasteiger partial charge in [0.2, 0.25) is 11.8 Å². The lowest BCUT2D eigenvalue weighted by molar-refractivity contribution is -0.157. The fourth-order valence-corrected chi connectivity index (χ4v) is 4.43. The molecule has 1 N–H and O–H groups in total. The van der Waals surface area contributed by atoms with Crippen LogP contribution in [0.15, 0.2) is 0 Å². The number of hydrogen-bond acceptors (Lipinski definition) is 3. The largest absolute Gasteiger partial charge is 0.340 e. The van der Waals surface area contributed by atoms with Gasteiger partial charge >= 0.3 is 0 Å². The summed E-state index contributed by atoms with van der Waals surface area (Å²) >= 11 is 1.90. The van der Waals surface area contributed by atoms with E-state index in [1.807, 2.05) is 23.6 Å². The van der Waals surface area contributed by atoms with Crippen LogP contribution in [0.2, 0.25) is 0 Å². The van der Waals surface area contributed by atoms with Crippen molar-refractivity contribution in [1.82, 2.24) is 10.2 Å². The second kappa shape index (κ2) is 7.03. The number of thioether (sulfide) groups is 1. The number of carbonyl (C=O) groups excluding carboxylic acids is 2. The molecule has 0 bridgehead atoms. The summed E-state index contributed by atoms with van der Waals surface area (Å²) < 4.78 is 0. The molecule has 1 spiro atoms. The Bertz CT molecular complexity index is 394. The molecular formula is C16H28N2O2S. The van der Waals surface area contributed by atoms with E-state index in [1.165, 1.54) is 0 Å². The van der Waals surface area contributed by atoms with Gasteiger partial charge in [-0.1, -0.05) is 26.7 Å². The van der Waals surface area contributed by atoms with E-state index in [0.29, 0.717) is 6.42 Å². The Kier molecular flexibility index (Phi) is 5.58. The average molecular weight is 312 g/mol. The van der Waals surface area contributed by atoms with Crippen molar-refractivity contribution in [3.8, 4) is 0 Å². The summed E-state index contributed by atoms with van der Waals surface area (Å²) in [6.07, 6.45) is 5.35. The number of nitrogens with zero attached hydrogens (tertiary/aromatic N) is 1. The zero-order valence-electron chi connectivity index (χ0n) is 13.5. The molecule has 0 aromatic heterocycles. The molecule has 120 valence electrons. The topological polar surface area (TPSA) is 49.4 Å². The van der Waals surface area contributed by atoms with Gasteiger partial charge in [-0.25, -0.2) is 0 Å². The average Bonchev–Trinajstić information content (AvgIpc) is 2.92. The van der Waals surface area contributed by atoms with Gasteiger partial charge in [0.15, 0.2) is 0 Å². The Morgan fingerprint density at radius 3 is 2.57 bits per heavy atom. The Labute approximate surface area is 132 Å². The first-order valence-electron chi connectivity index (χ1n) is 8.28. The molecule has 0 aromatic carbocycles. The number of nitrogens with one attached hydrogen (secondary N) is 1. The minimum absolute atomic E-state index is 0.0500. The fraction of sp³-hybridized carbons (Fsp3) is 0.875. The molecule has 21 heavy (non-hydrogen) atoms. The van der Waals surface area contributed by atoms with Crippen LogP contribution in [-0.2, 0) is 9.59 Å². The van der Waals surface area contributed by atoms with Gasteiger partial charge in [0, 0.05) is 6.04 Å². The first-order valence-corrected chi connectivity index (χ1v) is 9.43. The molecule has 2 unspecified atom stereocenters. The van der Waals surface area contributed by atoms with Crippen molar-refractivity contribution in [2.75, 3.05) is 11.5 Å². The highest BCUT2D eigenvalue weighted by molar-refractivity contribution is 7.99. The molecule has 4 nitrogen and oxygen atoms in total. The number of piperazine rings is 1. The molecule has 1 heterocycles. The van der Waals surface area contributed by atoms with E-state index in [0.717, 1.165) is 43.6 Å². The van der Waals surface area contributed by atoms with Gasteiger partial charge in [-0.15, -0.1) is 0 Å². The highest BCUT2D eigenvalue weighted by atomic mass is 32.2. The third-order valence-electron chi connectivity index (χ3n) is 4.85. The number of amides is 2. The van der Waals surface area contributed by atoms with Crippen molar-refractivity contribution in [2.45, 2.75) is 76.9 Å². The van der Waals surface area contributed by atoms with Crippen LogP contribution in [0, 0.1) is 0 Å². The zero-order chi connectivity index (χ0) is 15.5.